The number of benzene rings is 1. The second kappa shape index (κ2) is 7.29. The van der Waals surface area contributed by atoms with Crippen LogP contribution in [0.4, 0.5) is 5.69 Å². The minimum Gasteiger partial charge on any atom is -0.491 e. The summed E-state index contributed by atoms with van der Waals surface area (Å²) in [4.78, 5) is 13.5. The Labute approximate surface area is 143 Å². The maximum atomic E-state index is 12.6. The number of carbonyl (C=O) groups excluding carboxylic acids is 1. The van der Waals surface area contributed by atoms with Gasteiger partial charge in [0.1, 0.15) is 18.1 Å². The van der Waals surface area contributed by atoms with Gasteiger partial charge in [-0.05, 0) is 35.7 Å². The third kappa shape index (κ3) is 3.64. The Morgan fingerprint density at radius 3 is 2.79 bits per heavy atom. The molecule has 1 aromatic carbocycles. The van der Waals surface area contributed by atoms with Gasteiger partial charge in [0.15, 0.2) is 0 Å². The first-order valence-corrected chi connectivity index (χ1v) is 8.28. The van der Waals surface area contributed by atoms with Crippen molar-refractivity contribution >= 4 is 22.9 Å². The Morgan fingerprint density at radius 1 is 1.33 bits per heavy atom. The molecule has 0 aliphatic heterocycles. The highest BCUT2D eigenvalue weighted by Gasteiger charge is 2.18. The molecule has 0 spiro atoms. The highest BCUT2D eigenvalue weighted by Crippen LogP contribution is 2.27. The number of amides is 1. The fraction of sp³-hybridized carbons (Fsp3) is 0.176. The molecule has 7 heteroatoms. The summed E-state index contributed by atoms with van der Waals surface area (Å²) in [6.07, 6.45) is 1.71. The number of nitrogens with one attached hydrogen (secondary N) is 1. The predicted octanol–water partition coefficient (Wildman–Crippen LogP) is 2.77. The third-order valence-electron chi connectivity index (χ3n) is 3.30. The van der Waals surface area contributed by atoms with Crippen LogP contribution in [0.15, 0.2) is 48.0 Å². The van der Waals surface area contributed by atoms with Crippen LogP contribution in [0.1, 0.15) is 10.4 Å². The summed E-state index contributed by atoms with van der Waals surface area (Å²) in [6.45, 7) is 0.205. The van der Waals surface area contributed by atoms with Gasteiger partial charge < -0.3 is 15.2 Å². The number of aryl methyl sites for hydroxylation is 1. The van der Waals surface area contributed by atoms with E-state index >= 15 is 0 Å². The Morgan fingerprint density at radius 2 is 2.12 bits per heavy atom. The van der Waals surface area contributed by atoms with Crippen LogP contribution in [-0.4, -0.2) is 34.0 Å². The van der Waals surface area contributed by atoms with Crippen LogP contribution >= 0.6 is 11.3 Å². The first-order chi connectivity index (χ1) is 11.7. The van der Waals surface area contributed by atoms with E-state index in [9.17, 15) is 4.79 Å². The summed E-state index contributed by atoms with van der Waals surface area (Å²) in [5, 5.41) is 18.0. The molecule has 0 fully saturated rings. The topological polar surface area (TPSA) is 76.4 Å². The average molecular weight is 343 g/mol. The van der Waals surface area contributed by atoms with E-state index in [0.717, 1.165) is 4.88 Å². The third-order valence-corrected chi connectivity index (χ3v) is 4.18. The molecular weight excluding hydrogens is 326 g/mol. The molecule has 0 aliphatic rings. The van der Waals surface area contributed by atoms with E-state index in [1.807, 2.05) is 17.5 Å². The number of anilines is 1. The second-order valence-electron chi connectivity index (χ2n) is 5.09. The molecular formula is C17H17N3O3S. The molecule has 2 N–H and O–H groups in total. The fourth-order valence-electron chi connectivity index (χ4n) is 2.25. The van der Waals surface area contributed by atoms with E-state index in [4.69, 9.17) is 9.84 Å². The first kappa shape index (κ1) is 16.2. The minimum atomic E-state index is -0.212. The number of hydrogen-bond acceptors (Lipinski definition) is 5. The second-order valence-corrected chi connectivity index (χ2v) is 6.04. The maximum Gasteiger partial charge on any atom is 0.259 e. The van der Waals surface area contributed by atoms with Crippen LogP contribution in [-0.2, 0) is 7.05 Å². The normalized spacial score (nSPS) is 10.6. The number of rotatable bonds is 6. The number of carbonyl (C=O) groups is 1. The van der Waals surface area contributed by atoms with E-state index in [1.54, 1.807) is 53.5 Å². The minimum absolute atomic E-state index is 0.0367. The molecule has 1 amide bonds. The largest absolute Gasteiger partial charge is 0.491 e. The Bertz CT molecular complexity index is 810. The number of nitrogens with zero attached hydrogens (tertiary/aromatic N) is 2. The van der Waals surface area contributed by atoms with Crippen molar-refractivity contribution in [2.75, 3.05) is 18.5 Å². The van der Waals surface area contributed by atoms with Crippen molar-refractivity contribution in [1.82, 2.24) is 9.78 Å². The van der Waals surface area contributed by atoms with Crippen molar-refractivity contribution < 1.29 is 14.6 Å². The highest BCUT2D eigenvalue weighted by atomic mass is 32.1. The molecule has 0 bridgehead atoms. The lowest BCUT2D eigenvalue weighted by atomic mass is 10.2. The number of thiophene rings is 1. The standard InChI is InChI=1S/C17H17N3O3S/c1-20-11-14(16(19-20)15-3-2-10-24-15)17(22)18-12-4-6-13(7-5-12)23-9-8-21/h2-7,10-11,21H,8-9H2,1H3,(H,18,22). The van der Waals surface area contributed by atoms with Gasteiger partial charge in [-0.25, -0.2) is 0 Å². The Balaban J connectivity index is 1.76. The Kier molecular flexibility index (Phi) is 4.93. The molecule has 124 valence electrons. The predicted molar refractivity (Wildman–Crippen MR) is 93.5 cm³/mol. The molecule has 0 radical (unpaired) electrons. The van der Waals surface area contributed by atoms with E-state index in [2.05, 4.69) is 10.4 Å². The van der Waals surface area contributed by atoms with Gasteiger partial charge in [-0.15, -0.1) is 11.3 Å². The van der Waals surface area contributed by atoms with Gasteiger partial charge in [0.2, 0.25) is 0 Å². The molecule has 0 aliphatic carbocycles. The average Bonchev–Trinajstić information content (AvgIpc) is 3.23. The summed E-state index contributed by atoms with van der Waals surface area (Å²) >= 11 is 1.54. The monoisotopic (exact) mass is 343 g/mol. The molecule has 0 saturated heterocycles. The van der Waals surface area contributed by atoms with E-state index in [1.165, 1.54) is 0 Å². The zero-order valence-corrected chi connectivity index (χ0v) is 13.9. The quantitative estimate of drug-likeness (QED) is 0.721. The lowest BCUT2D eigenvalue weighted by Gasteiger charge is -2.07. The van der Waals surface area contributed by atoms with Gasteiger partial charge in [0, 0.05) is 18.9 Å². The van der Waals surface area contributed by atoms with Crippen molar-refractivity contribution in [2.24, 2.45) is 7.05 Å². The van der Waals surface area contributed by atoms with Crippen molar-refractivity contribution in [3.8, 4) is 16.3 Å². The summed E-state index contributed by atoms with van der Waals surface area (Å²) in [6, 6.07) is 10.9. The number of aliphatic hydroxyl groups excluding tert-OH is 1. The molecule has 0 saturated carbocycles. The lowest BCUT2D eigenvalue weighted by molar-refractivity contribution is 0.102. The van der Waals surface area contributed by atoms with Gasteiger partial charge in [0.05, 0.1) is 17.0 Å². The van der Waals surface area contributed by atoms with Crippen LogP contribution in [0, 0.1) is 0 Å². The van der Waals surface area contributed by atoms with Crippen LogP contribution in [0.5, 0.6) is 5.75 Å². The number of aliphatic hydroxyl groups is 1. The smallest absolute Gasteiger partial charge is 0.259 e. The fourth-order valence-corrected chi connectivity index (χ4v) is 2.97. The molecule has 3 rings (SSSR count). The summed E-state index contributed by atoms with van der Waals surface area (Å²) in [5.41, 5.74) is 1.87. The van der Waals surface area contributed by atoms with Crippen LogP contribution in [0.3, 0.4) is 0 Å². The first-order valence-electron chi connectivity index (χ1n) is 7.40. The van der Waals surface area contributed by atoms with Crippen molar-refractivity contribution in [1.29, 1.82) is 0 Å². The van der Waals surface area contributed by atoms with Gasteiger partial charge in [-0.3, -0.25) is 9.48 Å². The number of aromatic nitrogens is 2. The summed E-state index contributed by atoms with van der Waals surface area (Å²) in [7, 11) is 1.79. The molecule has 0 atom stereocenters. The van der Waals surface area contributed by atoms with Crippen molar-refractivity contribution in [3.63, 3.8) is 0 Å². The summed E-state index contributed by atoms with van der Waals surface area (Å²) < 4.78 is 6.93. The van der Waals surface area contributed by atoms with E-state index < -0.39 is 0 Å². The maximum absolute atomic E-state index is 12.6. The lowest BCUT2D eigenvalue weighted by Crippen LogP contribution is -2.12. The van der Waals surface area contributed by atoms with Crippen molar-refractivity contribution in [3.05, 3.63) is 53.5 Å². The van der Waals surface area contributed by atoms with Crippen LogP contribution in [0.25, 0.3) is 10.6 Å². The highest BCUT2D eigenvalue weighted by molar-refractivity contribution is 7.13. The molecule has 24 heavy (non-hydrogen) atoms. The zero-order valence-electron chi connectivity index (χ0n) is 13.1. The Hall–Kier alpha value is -2.64. The van der Waals surface area contributed by atoms with E-state index in [0.29, 0.717) is 22.7 Å². The number of ether oxygens (including phenoxy) is 1. The summed E-state index contributed by atoms with van der Waals surface area (Å²) in [5.74, 6) is 0.429. The van der Waals surface area contributed by atoms with Gasteiger partial charge in [-0.1, -0.05) is 6.07 Å². The zero-order chi connectivity index (χ0) is 16.9. The van der Waals surface area contributed by atoms with Gasteiger partial charge in [-0.2, -0.15) is 5.10 Å². The number of hydrogen-bond donors (Lipinski definition) is 2. The molecule has 2 aromatic heterocycles. The van der Waals surface area contributed by atoms with Crippen molar-refractivity contribution in [2.45, 2.75) is 0 Å². The van der Waals surface area contributed by atoms with Crippen LogP contribution in [0.2, 0.25) is 0 Å². The molecule has 2 heterocycles. The molecule has 0 unspecified atom stereocenters. The van der Waals surface area contributed by atoms with Crippen LogP contribution < -0.4 is 10.1 Å². The van der Waals surface area contributed by atoms with Gasteiger partial charge in [0.25, 0.3) is 5.91 Å². The SMILES string of the molecule is Cn1cc(C(=O)Nc2ccc(OCCO)cc2)c(-c2cccs2)n1. The van der Waals surface area contributed by atoms with E-state index in [-0.39, 0.29) is 19.1 Å². The molecule has 6 nitrogen and oxygen atoms in total. The van der Waals surface area contributed by atoms with Gasteiger partial charge >= 0.3 is 0 Å². The molecule has 3 aromatic rings.